The molecular formula is C13H9ClN2O. The molecule has 1 heterocycles. The predicted octanol–water partition coefficient (Wildman–Crippen LogP) is 2.42. The summed E-state index contributed by atoms with van der Waals surface area (Å²) in [6.45, 7) is 0.369. The quantitative estimate of drug-likeness (QED) is 0.815. The lowest BCUT2D eigenvalue weighted by molar-refractivity contribution is 0.757. The maximum absolute atomic E-state index is 11.8. The second-order valence-electron chi connectivity index (χ2n) is 3.56. The summed E-state index contributed by atoms with van der Waals surface area (Å²) in [4.78, 5) is 11.8. The zero-order chi connectivity index (χ0) is 12.3. The fraction of sp³-hybridized carbons (Fsp3) is 0.0769. The zero-order valence-electron chi connectivity index (χ0n) is 8.93. The number of halogens is 1. The van der Waals surface area contributed by atoms with E-state index in [9.17, 15) is 4.79 Å². The first-order valence-corrected chi connectivity index (χ1v) is 5.43. The van der Waals surface area contributed by atoms with Crippen molar-refractivity contribution in [3.05, 3.63) is 69.1 Å². The lowest BCUT2D eigenvalue weighted by Gasteiger charge is -2.07. The van der Waals surface area contributed by atoms with E-state index in [4.69, 9.17) is 16.9 Å². The molecule has 0 unspecified atom stereocenters. The van der Waals surface area contributed by atoms with Crippen molar-refractivity contribution in [1.82, 2.24) is 4.57 Å². The molecular weight excluding hydrogens is 236 g/mol. The van der Waals surface area contributed by atoms with Gasteiger partial charge in [-0.1, -0.05) is 29.8 Å². The molecule has 2 rings (SSSR count). The summed E-state index contributed by atoms with van der Waals surface area (Å²) in [6, 6.07) is 12.4. The third-order valence-electron chi connectivity index (χ3n) is 2.44. The summed E-state index contributed by atoms with van der Waals surface area (Å²) in [5, 5.41) is 9.39. The first-order chi connectivity index (χ1) is 8.22. The maximum atomic E-state index is 11.8. The molecule has 0 saturated carbocycles. The Morgan fingerprint density at radius 1 is 1.24 bits per heavy atom. The van der Waals surface area contributed by atoms with E-state index in [-0.39, 0.29) is 11.1 Å². The SMILES string of the molecule is N#Cc1cccn(Cc2ccccc2Cl)c1=O. The normalized spacial score (nSPS) is 9.88. The largest absolute Gasteiger partial charge is 0.310 e. The van der Waals surface area contributed by atoms with Gasteiger partial charge in [0.25, 0.3) is 5.56 Å². The summed E-state index contributed by atoms with van der Waals surface area (Å²) in [6.07, 6.45) is 1.65. The summed E-state index contributed by atoms with van der Waals surface area (Å²) in [5.41, 5.74) is 0.695. The average molecular weight is 245 g/mol. The molecule has 0 fully saturated rings. The highest BCUT2D eigenvalue weighted by Gasteiger charge is 2.04. The van der Waals surface area contributed by atoms with Gasteiger partial charge in [-0.25, -0.2) is 0 Å². The molecule has 0 aliphatic heterocycles. The van der Waals surface area contributed by atoms with Crippen molar-refractivity contribution in [3.8, 4) is 6.07 Å². The molecule has 0 radical (unpaired) electrons. The van der Waals surface area contributed by atoms with Gasteiger partial charge in [-0.3, -0.25) is 4.79 Å². The van der Waals surface area contributed by atoms with Crippen LogP contribution in [0, 0.1) is 11.3 Å². The Hall–Kier alpha value is -2.05. The Morgan fingerprint density at radius 2 is 2.00 bits per heavy atom. The molecule has 0 atom stereocenters. The number of nitrogens with zero attached hydrogens (tertiary/aromatic N) is 2. The minimum absolute atomic E-state index is 0.138. The van der Waals surface area contributed by atoms with Crippen molar-refractivity contribution in [3.63, 3.8) is 0 Å². The van der Waals surface area contributed by atoms with Crippen molar-refractivity contribution in [2.75, 3.05) is 0 Å². The number of hydrogen-bond acceptors (Lipinski definition) is 2. The number of aromatic nitrogens is 1. The highest BCUT2D eigenvalue weighted by atomic mass is 35.5. The van der Waals surface area contributed by atoms with Crippen LogP contribution in [0.1, 0.15) is 11.1 Å². The predicted molar refractivity (Wildman–Crippen MR) is 66.0 cm³/mol. The van der Waals surface area contributed by atoms with E-state index in [0.29, 0.717) is 11.6 Å². The average Bonchev–Trinajstić information content (AvgIpc) is 2.34. The summed E-state index contributed by atoms with van der Waals surface area (Å²) in [5.74, 6) is 0. The van der Waals surface area contributed by atoms with Crippen LogP contribution in [0.5, 0.6) is 0 Å². The van der Waals surface area contributed by atoms with Gasteiger partial charge in [-0.05, 0) is 23.8 Å². The van der Waals surface area contributed by atoms with Crippen LogP contribution in [0.25, 0.3) is 0 Å². The Morgan fingerprint density at radius 3 is 2.71 bits per heavy atom. The third kappa shape index (κ3) is 2.38. The standard InChI is InChI=1S/C13H9ClN2O/c14-12-6-2-1-4-11(12)9-16-7-3-5-10(8-15)13(16)17/h1-7H,9H2. The lowest BCUT2D eigenvalue weighted by atomic mass is 10.2. The Labute approximate surface area is 104 Å². The van der Waals surface area contributed by atoms with Crippen molar-refractivity contribution < 1.29 is 0 Å². The van der Waals surface area contributed by atoms with E-state index in [0.717, 1.165) is 5.56 Å². The first kappa shape index (κ1) is 11.4. The molecule has 1 aromatic heterocycles. The molecule has 0 spiro atoms. The minimum Gasteiger partial charge on any atom is -0.310 e. The third-order valence-corrected chi connectivity index (χ3v) is 2.81. The fourth-order valence-corrected chi connectivity index (χ4v) is 1.75. The second-order valence-corrected chi connectivity index (χ2v) is 3.97. The van der Waals surface area contributed by atoms with Crippen LogP contribution < -0.4 is 5.56 Å². The lowest BCUT2D eigenvalue weighted by Crippen LogP contribution is -2.22. The number of pyridine rings is 1. The van der Waals surface area contributed by atoms with Gasteiger partial charge >= 0.3 is 0 Å². The van der Waals surface area contributed by atoms with Crippen LogP contribution in [0.2, 0.25) is 5.02 Å². The van der Waals surface area contributed by atoms with E-state index in [1.165, 1.54) is 10.6 Å². The van der Waals surface area contributed by atoms with Crippen molar-refractivity contribution >= 4 is 11.6 Å². The van der Waals surface area contributed by atoms with Crippen LogP contribution >= 0.6 is 11.6 Å². The van der Waals surface area contributed by atoms with Crippen molar-refractivity contribution in [1.29, 1.82) is 5.26 Å². The molecule has 84 valence electrons. The molecule has 0 aliphatic rings. The highest BCUT2D eigenvalue weighted by molar-refractivity contribution is 6.31. The number of hydrogen-bond donors (Lipinski definition) is 0. The van der Waals surface area contributed by atoms with Gasteiger partial charge in [0, 0.05) is 11.2 Å². The Bertz CT molecular complexity index is 640. The summed E-state index contributed by atoms with van der Waals surface area (Å²) in [7, 11) is 0. The van der Waals surface area contributed by atoms with Gasteiger partial charge in [0.1, 0.15) is 11.6 Å². The number of nitriles is 1. The van der Waals surface area contributed by atoms with Crippen LogP contribution in [-0.4, -0.2) is 4.57 Å². The molecule has 4 heteroatoms. The van der Waals surface area contributed by atoms with E-state index < -0.39 is 0 Å². The zero-order valence-corrected chi connectivity index (χ0v) is 9.69. The van der Waals surface area contributed by atoms with Crippen molar-refractivity contribution in [2.45, 2.75) is 6.54 Å². The Balaban J connectivity index is 2.42. The first-order valence-electron chi connectivity index (χ1n) is 5.05. The number of benzene rings is 1. The van der Waals surface area contributed by atoms with Gasteiger partial charge in [0.05, 0.1) is 6.54 Å². The van der Waals surface area contributed by atoms with Gasteiger partial charge in [0.2, 0.25) is 0 Å². The van der Waals surface area contributed by atoms with Crippen molar-refractivity contribution in [2.24, 2.45) is 0 Å². The smallest absolute Gasteiger partial charge is 0.268 e. The molecule has 3 nitrogen and oxygen atoms in total. The summed E-state index contributed by atoms with van der Waals surface area (Å²) >= 11 is 6.02. The molecule has 2 aromatic rings. The maximum Gasteiger partial charge on any atom is 0.268 e. The number of rotatable bonds is 2. The Kier molecular flexibility index (Phi) is 3.27. The fourth-order valence-electron chi connectivity index (χ4n) is 1.56. The van der Waals surface area contributed by atoms with Gasteiger partial charge in [-0.15, -0.1) is 0 Å². The molecule has 0 amide bonds. The topological polar surface area (TPSA) is 45.8 Å². The van der Waals surface area contributed by atoms with Gasteiger partial charge < -0.3 is 4.57 Å². The second kappa shape index (κ2) is 4.86. The highest BCUT2D eigenvalue weighted by Crippen LogP contribution is 2.15. The van der Waals surface area contributed by atoms with Crippen LogP contribution in [-0.2, 0) is 6.54 Å². The molecule has 17 heavy (non-hydrogen) atoms. The minimum atomic E-state index is -0.296. The van der Waals surface area contributed by atoms with Crippen LogP contribution in [0.4, 0.5) is 0 Å². The molecule has 0 saturated heterocycles. The van der Waals surface area contributed by atoms with Crippen LogP contribution in [0.15, 0.2) is 47.4 Å². The molecule has 0 N–H and O–H groups in total. The van der Waals surface area contributed by atoms with Gasteiger partial charge in [0.15, 0.2) is 0 Å². The van der Waals surface area contributed by atoms with E-state index in [1.54, 1.807) is 18.3 Å². The van der Waals surface area contributed by atoms with E-state index in [1.807, 2.05) is 24.3 Å². The van der Waals surface area contributed by atoms with E-state index in [2.05, 4.69) is 0 Å². The molecule has 0 bridgehead atoms. The monoisotopic (exact) mass is 244 g/mol. The van der Waals surface area contributed by atoms with Crippen LogP contribution in [0.3, 0.4) is 0 Å². The molecule has 0 aliphatic carbocycles. The summed E-state index contributed by atoms with van der Waals surface area (Å²) < 4.78 is 1.47. The van der Waals surface area contributed by atoms with E-state index >= 15 is 0 Å². The van der Waals surface area contributed by atoms with Gasteiger partial charge in [-0.2, -0.15) is 5.26 Å². The molecule has 1 aromatic carbocycles.